The van der Waals surface area contributed by atoms with Crippen LogP contribution in [0.5, 0.6) is 0 Å². The van der Waals surface area contributed by atoms with E-state index in [1.54, 1.807) is 6.26 Å². The normalized spacial score (nSPS) is 12.6. The van der Waals surface area contributed by atoms with Gasteiger partial charge in [-0.05, 0) is 43.9 Å². The number of hydrogen-bond acceptors (Lipinski definition) is 6. The van der Waals surface area contributed by atoms with Crippen LogP contribution >= 0.6 is 0 Å². The van der Waals surface area contributed by atoms with E-state index >= 15 is 0 Å². The van der Waals surface area contributed by atoms with E-state index < -0.39 is 0 Å². The number of likely N-dealkylation sites (N-methyl/N-ethyl adjacent to an activating group) is 1. The van der Waals surface area contributed by atoms with Gasteiger partial charge in [-0.3, -0.25) is 4.90 Å². The van der Waals surface area contributed by atoms with Crippen molar-refractivity contribution in [1.29, 1.82) is 0 Å². The van der Waals surface area contributed by atoms with Gasteiger partial charge in [0.15, 0.2) is 0 Å². The Morgan fingerprint density at radius 3 is 2.62 bits per heavy atom. The van der Waals surface area contributed by atoms with Gasteiger partial charge in [0.05, 0.1) is 17.8 Å². The van der Waals surface area contributed by atoms with Crippen LogP contribution in [0.3, 0.4) is 0 Å². The molecule has 1 atom stereocenters. The minimum Gasteiger partial charge on any atom is -0.468 e. The van der Waals surface area contributed by atoms with E-state index in [1.807, 2.05) is 36.4 Å². The summed E-state index contributed by atoms with van der Waals surface area (Å²) in [6.07, 6.45) is 2.39. The lowest BCUT2D eigenvalue weighted by Crippen LogP contribution is -2.33. The van der Waals surface area contributed by atoms with Crippen LogP contribution in [0.1, 0.15) is 31.5 Å². The van der Waals surface area contributed by atoms with Gasteiger partial charge >= 0.3 is 0 Å². The van der Waals surface area contributed by atoms with Crippen LogP contribution in [0.2, 0.25) is 0 Å². The smallest absolute Gasteiger partial charge is 0.137 e. The molecule has 0 amide bonds. The molecule has 0 aliphatic heterocycles. The first-order valence-electron chi connectivity index (χ1n) is 9.23. The molecule has 3 N–H and O–H groups in total. The van der Waals surface area contributed by atoms with Crippen molar-refractivity contribution in [1.82, 2.24) is 14.9 Å². The maximum absolute atomic E-state index is 5.70. The van der Waals surface area contributed by atoms with E-state index in [2.05, 4.69) is 29.0 Å². The number of rotatable bonds is 9. The molecule has 6 nitrogen and oxygen atoms in total. The fraction of sp³-hybridized carbons (Fsp3) is 0.400. The molecular weight excluding hydrogens is 326 g/mol. The number of fused-ring (bicyclic) bond motifs is 1. The predicted octanol–water partition coefficient (Wildman–Crippen LogP) is 3.22. The minimum absolute atomic E-state index is 0.145. The number of para-hydroxylation sites is 1. The quantitative estimate of drug-likeness (QED) is 0.615. The second-order valence-electron chi connectivity index (χ2n) is 6.18. The molecule has 0 aliphatic carbocycles. The Kier molecular flexibility index (Phi) is 6.20. The van der Waals surface area contributed by atoms with Gasteiger partial charge in [0.1, 0.15) is 17.4 Å². The van der Waals surface area contributed by atoms with Crippen LogP contribution in [-0.2, 0) is 6.42 Å². The van der Waals surface area contributed by atoms with E-state index in [1.165, 1.54) is 0 Å². The Bertz CT molecular complexity index is 814. The number of anilines is 1. The molecule has 0 aliphatic rings. The van der Waals surface area contributed by atoms with Crippen molar-refractivity contribution in [3.8, 4) is 0 Å². The molecule has 26 heavy (non-hydrogen) atoms. The summed E-state index contributed by atoms with van der Waals surface area (Å²) in [5.41, 5.74) is 6.63. The monoisotopic (exact) mass is 353 g/mol. The van der Waals surface area contributed by atoms with E-state index in [0.29, 0.717) is 19.5 Å². The van der Waals surface area contributed by atoms with Crippen LogP contribution in [-0.4, -0.2) is 41.0 Å². The lowest BCUT2D eigenvalue weighted by Gasteiger charge is -2.28. The number of nitrogens with zero attached hydrogens (tertiary/aromatic N) is 3. The number of aromatic nitrogens is 2. The molecule has 2 heterocycles. The van der Waals surface area contributed by atoms with Crippen molar-refractivity contribution < 1.29 is 4.42 Å². The Morgan fingerprint density at radius 2 is 1.92 bits per heavy atom. The molecule has 2 aromatic heterocycles. The third kappa shape index (κ3) is 4.03. The van der Waals surface area contributed by atoms with E-state index in [-0.39, 0.29) is 6.04 Å². The summed E-state index contributed by atoms with van der Waals surface area (Å²) >= 11 is 0. The summed E-state index contributed by atoms with van der Waals surface area (Å²) in [6.45, 7) is 7.47. The van der Waals surface area contributed by atoms with E-state index in [0.717, 1.165) is 41.4 Å². The van der Waals surface area contributed by atoms with Gasteiger partial charge in [-0.1, -0.05) is 26.0 Å². The largest absolute Gasteiger partial charge is 0.468 e. The van der Waals surface area contributed by atoms with Crippen LogP contribution in [0.25, 0.3) is 10.9 Å². The average molecular weight is 353 g/mol. The summed E-state index contributed by atoms with van der Waals surface area (Å²) in [7, 11) is 0. The fourth-order valence-electron chi connectivity index (χ4n) is 3.25. The SMILES string of the molecule is CCN(CC)[C@H](CNc1nc(CCN)nc2ccccc12)c1ccco1. The summed E-state index contributed by atoms with van der Waals surface area (Å²) in [4.78, 5) is 11.7. The van der Waals surface area contributed by atoms with Gasteiger partial charge in [0, 0.05) is 18.4 Å². The Labute approximate surface area is 154 Å². The molecule has 6 heteroatoms. The molecule has 138 valence electrons. The third-order valence-corrected chi connectivity index (χ3v) is 4.61. The van der Waals surface area contributed by atoms with Gasteiger partial charge in [-0.15, -0.1) is 0 Å². The van der Waals surface area contributed by atoms with Gasteiger partial charge in [-0.2, -0.15) is 0 Å². The Morgan fingerprint density at radius 1 is 1.12 bits per heavy atom. The second-order valence-corrected chi connectivity index (χ2v) is 6.18. The fourth-order valence-corrected chi connectivity index (χ4v) is 3.25. The highest BCUT2D eigenvalue weighted by molar-refractivity contribution is 5.89. The molecule has 0 unspecified atom stereocenters. The minimum atomic E-state index is 0.145. The number of furan rings is 1. The maximum Gasteiger partial charge on any atom is 0.137 e. The van der Waals surface area contributed by atoms with Crippen LogP contribution < -0.4 is 11.1 Å². The second kappa shape index (κ2) is 8.78. The topological polar surface area (TPSA) is 80.2 Å². The molecule has 0 saturated carbocycles. The Balaban J connectivity index is 1.89. The van der Waals surface area contributed by atoms with Gasteiger partial charge in [0.2, 0.25) is 0 Å². The number of benzene rings is 1. The van der Waals surface area contributed by atoms with Crippen LogP contribution in [0.15, 0.2) is 47.1 Å². The van der Waals surface area contributed by atoms with Gasteiger partial charge in [0.25, 0.3) is 0 Å². The number of nitrogens with two attached hydrogens (primary N) is 1. The predicted molar refractivity (Wildman–Crippen MR) is 105 cm³/mol. The average Bonchev–Trinajstić information content (AvgIpc) is 3.19. The Hall–Kier alpha value is -2.44. The van der Waals surface area contributed by atoms with Crippen LogP contribution in [0.4, 0.5) is 5.82 Å². The highest BCUT2D eigenvalue weighted by Crippen LogP contribution is 2.24. The van der Waals surface area contributed by atoms with E-state index in [4.69, 9.17) is 15.1 Å². The molecule has 0 bridgehead atoms. The lowest BCUT2D eigenvalue weighted by molar-refractivity contribution is 0.202. The highest BCUT2D eigenvalue weighted by atomic mass is 16.3. The third-order valence-electron chi connectivity index (χ3n) is 4.61. The molecule has 0 saturated heterocycles. The first kappa shape index (κ1) is 18.4. The zero-order valence-corrected chi connectivity index (χ0v) is 15.5. The molecule has 3 rings (SSSR count). The lowest BCUT2D eigenvalue weighted by atomic mass is 10.1. The zero-order valence-electron chi connectivity index (χ0n) is 15.5. The molecular formula is C20H27N5O. The molecule has 3 aromatic rings. The zero-order chi connectivity index (χ0) is 18.4. The van der Waals surface area contributed by atoms with Crippen molar-refractivity contribution in [3.63, 3.8) is 0 Å². The molecule has 0 spiro atoms. The summed E-state index contributed by atoms with van der Waals surface area (Å²) in [5, 5.41) is 4.55. The number of hydrogen-bond donors (Lipinski definition) is 2. The standard InChI is InChI=1S/C20H27N5O/c1-3-25(4-2)17(18-10-7-13-26-18)14-22-20-15-8-5-6-9-16(15)23-19(24-20)11-12-21/h5-10,13,17H,3-4,11-12,14,21H2,1-2H3,(H,22,23,24)/t17-/m1/s1. The summed E-state index contributed by atoms with van der Waals surface area (Å²) in [5.74, 6) is 2.58. The molecule has 1 aromatic carbocycles. The number of nitrogens with one attached hydrogen (secondary N) is 1. The van der Waals surface area contributed by atoms with Crippen LogP contribution in [0, 0.1) is 0 Å². The van der Waals surface area contributed by atoms with Crippen molar-refractivity contribution in [2.24, 2.45) is 5.73 Å². The van der Waals surface area contributed by atoms with Gasteiger partial charge in [-0.25, -0.2) is 9.97 Å². The van der Waals surface area contributed by atoms with Crippen molar-refractivity contribution in [2.75, 3.05) is 31.5 Å². The molecule has 0 radical (unpaired) electrons. The van der Waals surface area contributed by atoms with Crippen molar-refractivity contribution >= 4 is 16.7 Å². The first-order chi connectivity index (χ1) is 12.8. The maximum atomic E-state index is 5.70. The van der Waals surface area contributed by atoms with Crippen molar-refractivity contribution in [3.05, 3.63) is 54.2 Å². The molecule has 0 fully saturated rings. The first-order valence-corrected chi connectivity index (χ1v) is 9.23. The van der Waals surface area contributed by atoms with Gasteiger partial charge < -0.3 is 15.5 Å². The van der Waals surface area contributed by atoms with E-state index in [9.17, 15) is 0 Å². The van der Waals surface area contributed by atoms with Crippen molar-refractivity contribution in [2.45, 2.75) is 26.3 Å². The summed E-state index contributed by atoms with van der Waals surface area (Å²) in [6, 6.07) is 12.2. The summed E-state index contributed by atoms with van der Waals surface area (Å²) < 4.78 is 5.69. The highest BCUT2D eigenvalue weighted by Gasteiger charge is 2.21.